The molecule has 3 N–H and O–H groups in total. The Morgan fingerprint density at radius 2 is 1.81 bits per heavy atom. The number of aromatic amines is 1. The van der Waals surface area contributed by atoms with Gasteiger partial charge in [-0.25, -0.2) is 13.9 Å². The largest absolute Gasteiger partial charge is 0.503 e. The molecule has 5 rings (SSSR count). The molecule has 0 aliphatic heterocycles. The number of benzene rings is 2. The van der Waals surface area contributed by atoms with Crippen LogP contribution in [0.4, 0.5) is 4.39 Å². The van der Waals surface area contributed by atoms with Gasteiger partial charge in [-0.2, -0.15) is 0 Å². The molecular weight excluding hydrogens is 401 g/mol. The van der Waals surface area contributed by atoms with Crippen LogP contribution in [0.3, 0.4) is 0 Å². The maximum Gasteiger partial charge on any atom is 0.242 e. The topological polar surface area (TPSA) is 104 Å². The van der Waals surface area contributed by atoms with Gasteiger partial charge in [-0.05, 0) is 43.3 Å². The van der Waals surface area contributed by atoms with Crippen molar-refractivity contribution in [3.05, 3.63) is 83.6 Å². The van der Waals surface area contributed by atoms with Crippen molar-refractivity contribution < 1.29 is 23.8 Å². The van der Waals surface area contributed by atoms with E-state index in [4.69, 9.17) is 4.42 Å². The molecule has 5 aromatic rings. The summed E-state index contributed by atoms with van der Waals surface area (Å²) < 4.78 is 21.4. The number of carbonyl (C=O) groups is 1. The van der Waals surface area contributed by atoms with Crippen LogP contribution in [0.25, 0.3) is 28.2 Å². The van der Waals surface area contributed by atoms with E-state index in [1.807, 2.05) is 6.07 Å². The van der Waals surface area contributed by atoms with Gasteiger partial charge in [0.2, 0.25) is 17.6 Å². The average Bonchev–Trinajstić information content (AvgIpc) is 3.44. The molecule has 154 valence electrons. The molecule has 0 amide bonds. The number of aryl methyl sites for hydroxylation is 1. The van der Waals surface area contributed by atoms with Gasteiger partial charge in [0.05, 0.1) is 22.3 Å². The van der Waals surface area contributed by atoms with E-state index in [0.29, 0.717) is 16.8 Å². The predicted molar refractivity (Wildman–Crippen MR) is 111 cm³/mol. The van der Waals surface area contributed by atoms with E-state index in [1.165, 1.54) is 24.3 Å². The summed E-state index contributed by atoms with van der Waals surface area (Å²) in [5.74, 6) is -2.12. The number of aromatic hydroxyl groups is 2. The Morgan fingerprint density at radius 1 is 1.06 bits per heavy atom. The third-order valence-corrected chi connectivity index (χ3v) is 5.03. The first kappa shape index (κ1) is 18.7. The first-order valence-corrected chi connectivity index (χ1v) is 9.43. The Balaban J connectivity index is 1.84. The minimum atomic E-state index is -0.700. The number of ketones is 1. The van der Waals surface area contributed by atoms with Crippen molar-refractivity contribution >= 4 is 16.8 Å². The Morgan fingerprint density at radius 3 is 2.52 bits per heavy atom. The summed E-state index contributed by atoms with van der Waals surface area (Å²) in [5.41, 5.74) is 0.923. The van der Waals surface area contributed by atoms with Gasteiger partial charge >= 0.3 is 0 Å². The number of H-pyrrole nitrogens is 1. The van der Waals surface area contributed by atoms with Crippen LogP contribution < -0.4 is 0 Å². The number of nitrogens with one attached hydrogen (secondary N) is 1. The fourth-order valence-electron chi connectivity index (χ4n) is 3.60. The van der Waals surface area contributed by atoms with Crippen molar-refractivity contribution in [2.45, 2.75) is 6.92 Å². The first-order chi connectivity index (χ1) is 15.0. The molecule has 0 saturated heterocycles. The third-order valence-electron chi connectivity index (χ3n) is 5.03. The summed E-state index contributed by atoms with van der Waals surface area (Å²) in [4.78, 5) is 20.7. The van der Waals surface area contributed by atoms with E-state index in [0.717, 1.165) is 4.57 Å². The van der Waals surface area contributed by atoms with Crippen molar-refractivity contribution in [2.24, 2.45) is 0 Å². The number of nitrogens with zero attached hydrogens (tertiary/aromatic N) is 2. The highest BCUT2D eigenvalue weighted by atomic mass is 19.1. The minimum Gasteiger partial charge on any atom is -0.503 e. The zero-order valence-electron chi connectivity index (χ0n) is 16.3. The monoisotopic (exact) mass is 417 g/mol. The van der Waals surface area contributed by atoms with Gasteiger partial charge in [0.1, 0.15) is 11.6 Å². The summed E-state index contributed by atoms with van der Waals surface area (Å²) in [5, 5.41) is 21.5. The van der Waals surface area contributed by atoms with Gasteiger partial charge in [0.25, 0.3) is 0 Å². The van der Waals surface area contributed by atoms with Crippen molar-refractivity contribution in [1.82, 2.24) is 14.5 Å². The Labute approximate surface area is 175 Å². The summed E-state index contributed by atoms with van der Waals surface area (Å²) in [6.07, 6.45) is 0. The van der Waals surface area contributed by atoms with Crippen molar-refractivity contribution in [2.75, 3.05) is 0 Å². The predicted octanol–water partition coefficient (Wildman–Crippen LogP) is 4.70. The second kappa shape index (κ2) is 6.88. The van der Waals surface area contributed by atoms with E-state index in [1.54, 1.807) is 37.3 Å². The number of rotatable bonds is 4. The van der Waals surface area contributed by atoms with E-state index in [2.05, 4.69) is 9.97 Å². The lowest BCUT2D eigenvalue weighted by Gasteiger charge is -2.10. The van der Waals surface area contributed by atoms with Crippen LogP contribution in [0.5, 0.6) is 11.6 Å². The Hall–Kier alpha value is -4.33. The van der Waals surface area contributed by atoms with Crippen LogP contribution in [0.1, 0.15) is 21.9 Å². The summed E-state index contributed by atoms with van der Waals surface area (Å²) in [7, 11) is 0. The zero-order valence-corrected chi connectivity index (χ0v) is 16.3. The molecule has 7 nitrogen and oxygen atoms in total. The molecule has 0 aliphatic carbocycles. The molecule has 2 aromatic carbocycles. The van der Waals surface area contributed by atoms with E-state index in [9.17, 15) is 19.4 Å². The molecule has 0 bridgehead atoms. The smallest absolute Gasteiger partial charge is 0.242 e. The molecule has 0 saturated carbocycles. The van der Waals surface area contributed by atoms with Gasteiger partial charge in [-0.15, -0.1) is 0 Å². The van der Waals surface area contributed by atoms with Crippen LogP contribution in [0.2, 0.25) is 0 Å². The average molecular weight is 417 g/mol. The van der Waals surface area contributed by atoms with E-state index < -0.39 is 23.2 Å². The van der Waals surface area contributed by atoms with Gasteiger partial charge in [0, 0.05) is 5.56 Å². The van der Waals surface area contributed by atoms with Gasteiger partial charge < -0.3 is 19.6 Å². The Kier molecular flexibility index (Phi) is 4.14. The zero-order chi connectivity index (χ0) is 21.7. The number of fused-ring (bicyclic) bond motifs is 1. The number of halogens is 1. The molecule has 0 atom stereocenters. The molecule has 0 fully saturated rings. The van der Waals surface area contributed by atoms with Crippen LogP contribution in [-0.2, 0) is 0 Å². The van der Waals surface area contributed by atoms with Crippen LogP contribution in [-0.4, -0.2) is 30.5 Å². The fourth-order valence-corrected chi connectivity index (χ4v) is 3.60. The lowest BCUT2D eigenvalue weighted by molar-refractivity contribution is 0.101. The van der Waals surface area contributed by atoms with Crippen LogP contribution >= 0.6 is 0 Å². The highest BCUT2D eigenvalue weighted by molar-refractivity contribution is 6.14. The lowest BCUT2D eigenvalue weighted by Crippen LogP contribution is -2.06. The molecule has 3 heterocycles. The van der Waals surface area contributed by atoms with Gasteiger partial charge in [-0.1, -0.05) is 24.3 Å². The SMILES string of the molecule is Cc1ccc(C(=O)c2c(O)c(O)n(-c3nc4ccccc4[nH]3)c2-c2ccccc2F)o1. The summed E-state index contributed by atoms with van der Waals surface area (Å²) >= 11 is 0. The second-order valence-corrected chi connectivity index (χ2v) is 7.03. The van der Waals surface area contributed by atoms with Crippen molar-refractivity contribution in [3.63, 3.8) is 0 Å². The third kappa shape index (κ3) is 2.88. The number of hydrogen-bond acceptors (Lipinski definition) is 5. The van der Waals surface area contributed by atoms with E-state index >= 15 is 0 Å². The number of para-hydroxylation sites is 2. The number of hydrogen-bond donors (Lipinski definition) is 3. The molecule has 0 spiro atoms. The maximum absolute atomic E-state index is 14.8. The second-order valence-electron chi connectivity index (χ2n) is 7.03. The van der Waals surface area contributed by atoms with Crippen molar-refractivity contribution in [1.29, 1.82) is 0 Å². The molecule has 8 heteroatoms. The minimum absolute atomic E-state index is 0.00480. The lowest BCUT2D eigenvalue weighted by atomic mass is 10.0. The highest BCUT2D eigenvalue weighted by Gasteiger charge is 2.33. The van der Waals surface area contributed by atoms with Crippen molar-refractivity contribution in [3.8, 4) is 28.8 Å². The summed E-state index contributed by atoms with van der Waals surface area (Å²) in [6.45, 7) is 1.67. The standard InChI is InChI=1S/C23H16FN3O4/c1-12-10-11-17(31-12)20(28)18-19(13-6-2-3-7-14(13)24)27(22(30)21(18)29)23-25-15-8-4-5-9-16(15)26-23/h2-11,29-30H,1H3,(H,25,26). The number of furan rings is 1. The molecule has 3 aromatic heterocycles. The normalized spacial score (nSPS) is 11.3. The number of carbonyl (C=O) groups excluding carboxylic acids is 1. The number of aromatic nitrogens is 3. The van der Waals surface area contributed by atoms with Gasteiger partial charge in [-0.3, -0.25) is 4.79 Å². The molecule has 0 radical (unpaired) electrons. The molecule has 0 unspecified atom stereocenters. The fraction of sp³-hybridized carbons (Fsp3) is 0.0435. The van der Waals surface area contributed by atoms with Crippen LogP contribution in [0, 0.1) is 12.7 Å². The quantitative estimate of drug-likeness (QED) is 0.368. The number of imidazole rings is 1. The molecular formula is C23H16FN3O4. The van der Waals surface area contributed by atoms with E-state index in [-0.39, 0.29) is 28.5 Å². The Bertz CT molecular complexity index is 1430. The first-order valence-electron chi connectivity index (χ1n) is 9.43. The maximum atomic E-state index is 14.8. The molecule has 31 heavy (non-hydrogen) atoms. The highest BCUT2D eigenvalue weighted by Crippen LogP contribution is 2.44. The summed E-state index contributed by atoms with van der Waals surface area (Å²) in [6, 6.07) is 16.0. The van der Waals surface area contributed by atoms with Gasteiger partial charge in [0.15, 0.2) is 11.5 Å². The van der Waals surface area contributed by atoms with Crippen LogP contribution in [0.15, 0.2) is 65.1 Å². The molecule has 0 aliphatic rings.